The van der Waals surface area contributed by atoms with Crippen LogP contribution in [-0.4, -0.2) is 5.91 Å². The summed E-state index contributed by atoms with van der Waals surface area (Å²) in [6.45, 7) is 1.81. The third-order valence-corrected chi connectivity index (χ3v) is 4.06. The zero-order valence-corrected chi connectivity index (χ0v) is 9.87. The zero-order chi connectivity index (χ0) is 12.0. The van der Waals surface area contributed by atoms with E-state index in [1.807, 2.05) is 6.92 Å². The van der Waals surface area contributed by atoms with Crippen LogP contribution in [0.1, 0.15) is 24.8 Å². The van der Waals surface area contributed by atoms with E-state index in [0.29, 0.717) is 0 Å². The lowest BCUT2D eigenvalue weighted by Crippen LogP contribution is -2.22. The highest BCUT2D eigenvalue weighted by molar-refractivity contribution is 5.93. The van der Waals surface area contributed by atoms with Crippen molar-refractivity contribution in [1.29, 1.82) is 0 Å². The second kappa shape index (κ2) is 3.83. The minimum Gasteiger partial charge on any atom is -0.326 e. The van der Waals surface area contributed by atoms with Crippen molar-refractivity contribution in [2.45, 2.75) is 26.2 Å². The van der Waals surface area contributed by atoms with E-state index in [2.05, 4.69) is 5.32 Å². The molecule has 2 fully saturated rings. The van der Waals surface area contributed by atoms with E-state index in [9.17, 15) is 9.18 Å². The number of fused-ring (bicyclic) bond motifs is 1. The molecule has 90 valence electrons. The van der Waals surface area contributed by atoms with Crippen molar-refractivity contribution in [3.8, 4) is 0 Å². The van der Waals surface area contributed by atoms with Gasteiger partial charge in [-0.05, 0) is 61.8 Å². The third kappa shape index (κ3) is 2.06. The second-order valence-electron chi connectivity index (χ2n) is 5.37. The van der Waals surface area contributed by atoms with Gasteiger partial charge in [0, 0.05) is 11.6 Å². The van der Waals surface area contributed by atoms with Crippen molar-refractivity contribution in [2.24, 2.45) is 17.8 Å². The van der Waals surface area contributed by atoms with Crippen LogP contribution in [0.5, 0.6) is 0 Å². The first-order valence-electron chi connectivity index (χ1n) is 6.20. The van der Waals surface area contributed by atoms with Crippen molar-refractivity contribution < 1.29 is 9.18 Å². The van der Waals surface area contributed by atoms with Gasteiger partial charge in [0.15, 0.2) is 0 Å². The van der Waals surface area contributed by atoms with Crippen LogP contribution >= 0.6 is 0 Å². The van der Waals surface area contributed by atoms with Gasteiger partial charge in [0.05, 0.1) is 0 Å². The van der Waals surface area contributed by atoms with Crippen LogP contribution in [0.15, 0.2) is 18.2 Å². The van der Waals surface area contributed by atoms with E-state index in [0.717, 1.165) is 35.9 Å². The topological polar surface area (TPSA) is 29.1 Å². The van der Waals surface area contributed by atoms with Crippen LogP contribution in [0.2, 0.25) is 0 Å². The van der Waals surface area contributed by atoms with Gasteiger partial charge in [0.1, 0.15) is 5.82 Å². The summed E-state index contributed by atoms with van der Waals surface area (Å²) < 4.78 is 12.9. The van der Waals surface area contributed by atoms with E-state index in [4.69, 9.17) is 0 Å². The molecule has 1 aromatic carbocycles. The summed E-state index contributed by atoms with van der Waals surface area (Å²) in [6, 6.07) is 4.47. The van der Waals surface area contributed by atoms with E-state index in [1.54, 1.807) is 6.07 Å². The first kappa shape index (κ1) is 10.8. The summed E-state index contributed by atoms with van der Waals surface area (Å²) in [4.78, 5) is 12.0. The Balaban J connectivity index is 1.67. The monoisotopic (exact) mass is 233 g/mol. The molecule has 0 spiro atoms. The summed E-state index contributed by atoms with van der Waals surface area (Å²) in [5.41, 5.74) is 1.51. The van der Waals surface area contributed by atoms with Gasteiger partial charge in [-0.2, -0.15) is 0 Å². The molecule has 2 aliphatic rings. The van der Waals surface area contributed by atoms with E-state index >= 15 is 0 Å². The number of rotatable bonds is 2. The fourth-order valence-corrected chi connectivity index (χ4v) is 2.93. The first-order chi connectivity index (χ1) is 8.13. The average Bonchev–Trinajstić information content (AvgIpc) is 2.89. The van der Waals surface area contributed by atoms with Gasteiger partial charge in [-0.1, -0.05) is 0 Å². The summed E-state index contributed by atoms with van der Waals surface area (Å²) >= 11 is 0. The van der Waals surface area contributed by atoms with Gasteiger partial charge in [0.2, 0.25) is 5.91 Å². The van der Waals surface area contributed by atoms with Gasteiger partial charge >= 0.3 is 0 Å². The predicted molar refractivity (Wildman–Crippen MR) is 64.1 cm³/mol. The van der Waals surface area contributed by atoms with Gasteiger partial charge in [-0.3, -0.25) is 4.79 Å². The summed E-state index contributed by atoms with van der Waals surface area (Å²) in [5, 5.41) is 2.91. The van der Waals surface area contributed by atoms with Gasteiger partial charge < -0.3 is 5.32 Å². The highest BCUT2D eigenvalue weighted by Crippen LogP contribution is 2.54. The number of aryl methyl sites for hydroxylation is 1. The lowest BCUT2D eigenvalue weighted by Gasteiger charge is -2.13. The Labute approximate surface area is 100 Å². The number of halogens is 1. The summed E-state index contributed by atoms with van der Waals surface area (Å²) in [6.07, 6.45) is 3.40. The lowest BCUT2D eigenvalue weighted by atomic mass is 10.0. The fourth-order valence-electron chi connectivity index (χ4n) is 2.93. The number of hydrogen-bond acceptors (Lipinski definition) is 1. The Morgan fingerprint density at radius 2 is 2.00 bits per heavy atom. The molecule has 0 aromatic heterocycles. The van der Waals surface area contributed by atoms with Crippen molar-refractivity contribution in [2.75, 3.05) is 5.32 Å². The van der Waals surface area contributed by atoms with E-state index in [-0.39, 0.29) is 17.6 Å². The maximum absolute atomic E-state index is 12.9. The number of nitrogens with one attached hydrogen (secondary N) is 1. The smallest absolute Gasteiger partial charge is 0.227 e. The molecule has 17 heavy (non-hydrogen) atoms. The molecular formula is C14H16FNO. The van der Waals surface area contributed by atoms with E-state index < -0.39 is 0 Å². The molecule has 0 saturated heterocycles. The van der Waals surface area contributed by atoms with Crippen LogP contribution in [0, 0.1) is 30.5 Å². The number of carbonyl (C=O) groups is 1. The van der Waals surface area contributed by atoms with Crippen LogP contribution in [0.4, 0.5) is 10.1 Å². The van der Waals surface area contributed by atoms with Crippen molar-refractivity contribution in [3.05, 3.63) is 29.6 Å². The molecule has 0 bridgehead atoms. The molecule has 0 heterocycles. The van der Waals surface area contributed by atoms with Gasteiger partial charge in [-0.15, -0.1) is 0 Å². The Morgan fingerprint density at radius 1 is 1.29 bits per heavy atom. The predicted octanol–water partition coefficient (Wildman–Crippen LogP) is 3.12. The molecule has 3 rings (SSSR count). The number of carbonyl (C=O) groups excluding carboxylic acids is 1. The molecule has 0 radical (unpaired) electrons. The van der Waals surface area contributed by atoms with Crippen LogP contribution in [0.25, 0.3) is 0 Å². The van der Waals surface area contributed by atoms with Crippen molar-refractivity contribution >= 4 is 11.6 Å². The minimum atomic E-state index is -0.261. The first-order valence-corrected chi connectivity index (χ1v) is 6.20. The maximum atomic E-state index is 12.9. The highest BCUT2D eigenvalue weighted by Gasteiger charge is 2.47. The fraction of sp³-hybridized carbons (Fsp3) is 0.500. The normalized spacial score (nSPS) is 29.9. The molecule has 3 heteroatoms. The third-order valence-electron chi connectivity index (χ3n) is 4.06. The Morgan fingerprint density at radius 3 is 2.65 bits per heavy atom. The molecule has 1 aromatic rings. The SMILES string of the molecule is Cc1cc(F)ccc1NC(=O)C1CC2CC2C1. The number of benzene rings is 1. The Hall–Kier alpha value is -1.38. The minimum absolute atomic E-state index is 0.104. The Bertz CT molecular complexity index is 461. The van der Waals surface area contributed by atoms with Crippen LogP contribution < -0.4 is 5.32 Å². The van der Waals surface area contributed by atoms with Crippen molar-refractivity contribution in [1.82, 2.24) is 0 Å². The summed E-state index contributed by atoms with van der Waals surface area (Å²) in [5.74, 6) is 1.62. The lowest BCUT2D eigenvalue weighted by molar-refractivity contribution is -0.120. The maximum Gasteiger partial charge on any atom is 0.227 e. The molecule has 1 amide bonds. The number of amides is 1. The molecule has 1 N–H and O–H groups in total. The molecule has 2 nitrogen and oxygen atoms in total. The summed E-state index contributed by atoms with van der Waals surface area (Å²) in [7, 11) is 0. The van der Waals surface area contributed by atoms with Gasteiger partial charge in [-0.25, -0.2) is 4.39 Å². The highest BCUT2D eigenvalue weighted by atomic mass is 19.1. The van der Waals surface area contributed by atoms with Gasteiger partial charge in [0.25, 0.3) is 0 Å². The standard InChI is InChI=1S/C14H16FNO/c1-8-4-12(15)2-3-13(8)16-14(17)11-6-9-5-10(9)7-11/h2-4,9-11H,5-7H2,1H3,(H,16,17). The molecule has 0 aliphatic heterocycles. The van der Waals surface area contributed by atoms with Crippen LogP contribution in [-0.2, 0) is 4.79 Å². The van der Waals surface area contributed by atoms with E-state index in [1.165, 1.54) is 18.6 Å². The average molecular weight is 233 g/mol. The molecule has 2 aliphatic carbocycles. The molecule has 2 atom stereocenters. The largest absolute Gasteiger partial charge is 0.326 e. The Kier molecular flexibility index (Phi) is 2.42. The molecule has 2 unspecified atom stereocenters. The number of anilines is 1. The van der Waals surface area contributed by atoms with Crippen molar-refractivity contribution in [3.63, 3.8) is 0 Å². The quantitative estimate of drug-likeness (QED) is 0.835. The molecule has 2 saturated carbocycles. The van der Waals surface area contributed by atoms with Crippen LogP contribution in [0.3, 0.4) is 0 Å². The second-order valence-corrected chi connectivity index (χ2v) is 5.37. The molecular weight excluding hydrogens is 217 g/mol. The zero-order valence-electron chi connectivity index (χ0n) is 9.87. The number of hydrogen-bond donors (Lipinski definition) is 1.